The number of halogens is 3. The first-order chi connectivity index (χ1) is 20.2. The van der Waals surface area contributed by atoms with E-state index in [1.165, 1.54) is 13.1 Å². The number of pyridine rings is 1. The van der Waals surface area contributed by atoms with E-state index in [1.807, 2.05) is 31.3 Å². The van der Waals surface area contributed by atoms with Gasteiger partial charge in [0.1, 0.15) is 11.6 Å². The van der Waals surface area contributed by atoms with E-state index in [9.17, 15) is 27.9 Å². The van der Waals surface area contributed by atoms with Gasteiger partial charge >= 0.3 is 6.18 Å². The molecule has 0 bridgehead atoms. The molecule has 3 rings (SSSR count). The summed E-state index contributed by atoms with van der Waals surface area (Å²) in [7, 11) is 2.03. The van der Waals surface area contributed by atoms with Gasteiger partial charge < -0.3 is 32.1 Å². The van der Waals surface area contributed by atoms with Crippen molar-refractivity contribution >= 4 is 22.6 Å². The van der Waals surface area contributed by atoms with Crippen LogP contribution in [0, 0.1) is 0 Å². The molecule has 234 valence electrons. The number of aromatic nitrogens is 1. The van der Waals surface area contributed by atoms with Gasteiger partial charge in [0, 0.05) is 31.1 Å². The molecule has 12 heteroatoms. The molecule has 1 heterocycles. The molecule has 0 radical (unpaired) electrons. The van der Waals surface area contributed by atoms with Gasteiger partial charge in [-0.25, -0.2) is 0 Å². The third-order valence-electron chi connectivity index (χ3n) is 7.88. The Kier molecular flexibility index (Phi) is 11.4. The summed E-state index contributed by atoms with van der Waals surface area (Å²) >= 11 is 0. The Bertz CT molecular complexity index is 1380. The fourth-order valence-corrected chi connectivity index (χ4v) is 5.25. The number of carbonyl (C=O) groups excluding carboxylic acids is 2. The van der Waals surface area contributed by atoms with E-state index in [0.29, 0.717) is 42.5 Å². The number of nitrogens with one attached hydrogen (secondary N) is 1. The third-order valence-corrected chi connectivity index (χ3v) is 7.88. The summed E-state index contributed by atoms with van der Waals surface area (Å²) in [6.07, 6.45) is -2.35. The molecular formula is C31H42F3N6O3+. The number of likely N-dealkylation sites (N-methyl/N-ethyl adjacent to an activating group) is 1. The number of carbonyl (C=O) groups is 2. The summed E-state index contributed by atoms with van der Waals surface area (Å²) in [5.74, 6) is -1.22. The highest BCUT2D eigenvalue weighted by Crippen LogP contribution is 2.32. The molecular weight excluding hydrogens is 561 g/mol. The molecule has 8 N–H and O–H groups in total. The Morgan fingerprint density at radius 3 is 2.21 bits per heavy atom. The van der Waals surface area contributed by atoms with E-state index in [4.69, 9.17) is 17.2 Å². The lowest BCUT2D eigenvalue weighted by molar-refractivity contribution is -0.907. The van der Waals surface area contributed by atoms with Gasteiger partial charge in [0.2, 0.25) is 5.91 Å². The molecule has 0 unspecified atom stereocenters. The SMILES string of the molecule is C[C@@](O)(c1ccc(C(F)(F)F)cc1)[C@H](NC(=O)[C@@H](N)CCC[N+](C)(CCN)CCN)C(=O)Cc1cnc2ccccc2c1. The minimum Gasteiger partial charge on any atom is -0.383 e. The van der Waals surface area contributed by atoms with Crippen molar-refractivity contribution in [1.29, 1.82) is 0 Å². The molecule has 1 aromatic heterocycles. The first-order valence-electron chi connectivity index (χ1n) is 14.3. The number of fused-ring (bicyclic) bond motifs is 1. The predicted octanol–water partition coefficient (Wildman–Crippen LogP) is 2.23. The highest BCUT2D eigenvalue weighted by molar-refractivity contribution is 5.93. The molecule has 43 heavy (non-hydrogen) atoms. The van der Waals surface area contributed by atoms with E-state index < -0.39 is 41.1 Å². The average Bonchev–Trinajstić information content (AvgIpc) is 2.95. The Morgan fingerprint density at radius 2 is 1.60 bits per heavy atom. The smallest absolute Gasteiger partial charge is 0.383 e. The minimum absolute atomic E-state index is 0.0287. The third kappa shape index (κ3) is 9.04. The molecule has 3 aromatic rings. The Hall–Kier alpha value is -3.42. The normalized spacial score (nSPS) is 15.1. The van der Waals surface area contributed by atoms with Crippen molar-refractivity contribution in [3.8, 4) is 0 Å². The van der Waals surface area contributed by atoms with Crippen LogP contribution in [0.15, 0.2) is 60.8 Å². The second-order valence-corrected chi connectivity index (χ2v) is 11.5. The summed E-state index contributed by atoms with van der Waals surface area (Å²) in [4.78, 5) is 31.3. The van der Waals surface area contributed by atoms with Crippen LogP contribution in [0.4, 0.5) is 13.2 Å². The van der Waals surface area contributed by atoms with Crippen LogP contribution in [-0.4, -0.2) is 78.1 Å². The van der Waals surface area contributed by atoms with Crippen LogP contribution < -0.4 is 22.5 Å². The number of ketones is 1. The van der Waals surface area contributed by atoms with E-state index in [1.54, 1.807) is 6.07 Å². The largest absolute Gasteiger partial charge is 0.416 e. The van der Waals surface area contributed by atoms with Crippen LogP contribution in [0.2, 0.25) is 0 Å². The van der Waals surface area contributed by atoms with Gasteiger partial charge in [0.15, 0.2) is 5.78 Å². The molecule has 0 spiro atoms. The fraction of sp³-hybridized carbons (Fsp3) is 0.452. The van der Waals surface area contributed by atoms with E-state index >= 15 is 0 Å². The zero-order valence-corrected chi connectivity index (χ0v) is 24.6. The van der Waals surface area contributed by atoms with Gasteiger partial charge in [-0.3, -0.25) is 14.6 Å². The number of aliphatic hydroxyl groups is 1. The maximum absolute atomic E-state index is 13.7. The highest BCUT2D eigenvalue weighted by Gasteiger charge is 2.41. The number of nitrogens with two attached hydrogens (primary N) is 3. The maximum atomic E-state index is 13.7. The number of alkyl halides is 3. The molecule has 9 nitrogen and oxygen atoms in total. The minimum atomic E-state index is -4.58. The van der Waals surface area contributed by atoms with Crippen LogP contribution in [0.25, 0.3) is 10.9 Å². The first kappa shape index (κ1) is 34.1. The van der Waals surface area contributed by atoms with Crippen molar-refractivity contribution < 1.29 is 32.3 Å². The summed E-state index contributed by atoms with van der Waals surface area (Å²) in [6.45, 7) is 4.38. The van der Waals surface area contributed by atoms with Crippen LogP contribution in [0.3, 0.4) is 0 Å². The van der Waals surface area contributed by atoms with Crippen molar-refractivity contribution in [2.75, 3.05) is 39.8 Å². The number of benzene rings is 2. The lowest BCUT2D eigenvalue weighted by atomic mass is 9.83. The number of hydrogen-bond acceptors (Lipinski definition) is 7. The van der Waals surface area contributed by atoms with E-state index in [0.717, 1.165) is 48.3 Å². The molecule has 0 saturated heterocycles. The molecule has 0 aliphatic rings. The van der Waals surface area contributed by atoms with Crippen molar-refractivity contribution in [2.45, 2.75) is 50.0 Å². The zero-order valence-electron chi connectivity index (χ0n) is 24.6. The summed E-state index contributed by atoms with van der Waals surface area (Å²) in [5.41, 5.74) is 16.1. The lowest BCUT2D eigenvalue weighted by Crippen LogP contribution is -2.57. The lowest BCUT2D eigenvalue weighted by Gasteiger charge is -2.35. The number of amides is 1. The maximum Gasteiger partial charge on any atom is 0.416 e. The predicted molar refractivity (Wildman–Crippen MR) is 160 cm³/mol. The molecule has 2 aromatic carbocycles. The number of para-hydroxylation sites is 1. The topological polar surface area (TPSA) is 157 Å². The van der Waals surface area contributed by atoms with E-state index in [-0.39, 0.29) is 12.0 Å². The molecule has 0 aliphatic carbocycles. The van der Waals surface area contributed by atoms with Gasteiger partial charge in [0.05, 0.1) is 43.8 Å². The van der Waals surface area contributed by atoms with Crippen LogP contribution in [0.1, 0.15) is 36.5 Å². The number of nitrogens with zero attached hydrogens (tertiary/aromatic N) is 2. The van der Waals surface area contributed by atoms with Crippen LogP contribution >= 0.6 is 0 Å². The highest BCUT2D eigenvalue weighted by atomic mass is 19.4. The number of hydrogen-bond donors (Lipinski definition) is 5. The van der Waals surface area contributed by atoms with Crippen LogP contribution in [-0.2, 0) is 27.8 Å². The average molecular weight is 604 g/mol. The molecule has 3 atom stereocenters. The second-order valence-electron chi connectivity index (χ2n) is 11.5. The number of rotatable bonds is 15. The fourth-order valence-electron chi connectivity index (χ4n) is 5.25. The molecule has 0 aliphatic heterocycles. The Morgan fingerprint density at radius 1 is 1.00 bits per heavy atom. The Balaban J connectivity index is 1.83. The second kappa shape index (κ2) is 14.4. The number of quaternary nitrogens is 1. The van der Waals surface area contributed by atoms with Crippen LogP contribution in [0.5, 0.6) is 0 Å². The van der Waals surface area contributed by atoms with Crippen molar-refractivity contribution in [2.24, 2.45) is 17.2 Å². The van der Waals surface area contributed by atoms with Crippen molar-refractivity contribution in [1.82, 2.24) is 10.3 Å². The van der Waals surface area contributed by atoms with Gasteiger partial charge in [-0.2, -0.15) is 13.2 Å². The van der Waals surface area contributed by atoms with Gasteiger partial charge in [-0.05, 0) is 55.2 Å². The Labute approximate surface area is 249 Å². The summed E-state index contributed by atoms with van der Waals surface area (Å²) < 4.78 is 40.1. The zero-order chi connectivity index (χ0) is 31.8. The monoisotopic (exact) mass is 603 g/mol. The van der Waals surface area contributed by atoms with Crippen molar-refractivity contribution in [3.63, 3.8) is 0 Å². The number of Topliss-reactive ketones (excluding diaryl/α,β-unsaturated/α-hetero) is 1. The molecule has 0 fully saturated rings. The molecule has 0 saturated carbocycles. The van der Waals surface area contributed by atoms with Gasteiger partial charge in [0.25, 0.3) is 0 Å². The van der Waals surface area contributed by atoms with Gasteiger partial charge in [-0.15, -0.1) is 0 Å². The van der Waals surface area contributed by atoms with Crippen molar-refractivity contribution in [3.05, 3.63) is 77.5 Å². The summed E-state index contributed by atoms with van der Waals surface area (Å²) in [6, 6.07) is 10.5. The van der Waals surface area contributed by atoms with E-state index in [2.05, 4.69) is 10.3 Å². The molecule has 1 amide bonds. The summed E-state index contributed by atoms with van der Waals surface area (Å²) in [5, 5.41) is 15.0. The quantitative estimate of drug-likeness (QED) is 0.167. The van der Waals surface area contributed by atoms with Gasteiger partial charge in [-0.1, -0.05) is 30.3 Å². The first-order valence-corrected chi connectivity index (χ1v) is 14.3. The standard InChI is InChI=1S/C31H41F3N6O3/c1-30(43,23-9-11-24(12-10-23)31(32,33)34)28(27(41)19-21-18-22-6-3-4-8-26(22)38-20-21)39-29(42)25(37)7-5-15-40(2,16-13-35)17-14-36/h3-4,6,8-12,18,20,25,28,43H,5,7,13-17,19,35-37H2,1-2H3/p+1/t25-,28+,30+/m0/s1.